The van der Waals surface area contributed by atoms with Gasteiger partial charge in [0.15, 0.2) is 0 Å². The lowest BCUT2D eigenvalue weighted by molar-refractivity contribution is -0.122. The molecule has 24 heavy (non-hydrogen) atoms. The second kappa shape index (κ2) is 7.38. The van der Waals surface area contributed by atoms with Crippen molar-refractivity contribution in [2.45, 2.75) is 51.8 Å². The molecule has 0 spiro atoms. The summed E-state index contributed by atoms with van der Waals surface area (Å²) in [5.74, 6) is -0.919. The van der Waals surface area contributed by atoms with E-state index in [9.17, 15) is 14.0 Å². The first kappa shape index (κ1) is 18.5. The molecule has 1 fully saturated rings. The summed E-state index contributed by atoms with van der Waals surface area (Å²) >= 11 is 5.71. The average molecular weight is 357 g/mol. The highest BCUT2D eigenvalue weighted by molar-refractivity contribution is 6.30. The number of benzene rings is 1. The number of nitrogens with one attached hydrogen (secondary N) is 1. The third kappa shape index (κ3) is 5.37. The summed E-state index contributed by atoms with van der Waals surface area (Å²) in [5.41, 5.74) is -0.323. The van der Waals surface area contributed by atoms with E-state index in [-0.39, 0.29) is 30.1 Å². The van der Waals surface area contributed by atoms with E-state index in [1.807, 2.05) is 0 Å². The van der Waals surface area contributed by atoms with Gasteiger partial charge in [0.2, 0.25) is 5.91 Å². The predicted molar refractivity (Wildman–Crippen MR) is 89.2 cm³/mol. The number of carbonyl (C=O) groups is 2. The monoisotopic (exact) mass is 356 g/mol. The molecule has 0 aromatic heterocycles. The van der Waals surface area contributed by atoms with Crippen molar-refractivity contribution in [2.24, 2.45) is 0 Å². The van der Waals surface area contributed by atoms with Crippen LogP contribution in [0.3, 0.4) is 0 Å². The molecular weight excluding hydrogens is 335 g/mol. The molecule has 5 nitrogen and oxygen atoms in total. The molecule has 132 valence electrons. The van der Waals surface area contributed by atoms with Crippen molar-refractivity contribution in [1.82, 2.24) is 10.2 Å². The van der Waals surface area contributed by atoms with Gasteiger partial charge >= 0.3 is 6.09 Å². The molecule has 1 aromatic carbocycles. The fourth-order valence-electron chi connectivity index (χ4n) is 2.14. The minimum absolute atomic E-state index is 0.00936. The van der Waals surface area contributed by atoms with E-state index in [1.165, 1.54) is 11.0 Å². The summed E-state index contributed by atoms with van der Waals surface area (Å²) < 4.78 is 19.1. The zero-order chi connectivity index (χ0) is 17.9. The summed E-state index contributed by atoms with van der Waals surface area (Å²) in [7, 11) is 0. The van der Waals surface area contributed by atoms with Gasteiger partial charge in [-0.05, 0) is 39.7 Å². The molecule has 0 heterocycles. The molecule has 0 bridgehead atoms. The largest absolute Gasteiger partial charge is 0.444 e. The van der Waals surface area contributed by atoms with Crippen LogP contribution < -0.4 is 5.32 Å². The van der Waals surface area contributed by atoms with E-state index in [0.29, 0.717) is 5.56 Å². The quantitative estimate of drug-likeness (QED) is 0.878. The maximum atomic E-state index is 13.8. The molecule has 0 saturated heterocycles. The lowest BCUT2D eigenvalue weighted by Crippen LogP contribution is -2.44. The number of amides is 2. The summed E-state index contributed by atoms with van der Waals surface area (Å²) in [5, 5.41) is 2.62. The number of carbonyl (C=O) groups excluding carboxylic acids is 2. The molecule has 2 amide bonds. The molecule has 0 atom stereocenters. The molecule has 7 heteroatoms. The predicted octanol–water partition coefficient (Wildman–Crippen LogP) is 3.49. The van der Waals surface area contributed by atoms with Crippen LogP contribution in [0.5, 0.6) is 0 Å². The molecule has 0 radical (unpaired) electrons. The number of halogens is 2. The molecule has 2 rings (SSSR count). The zero-order valence-electron chi connectivity index (χ0n) is 14.1. The summed E-state index contributed by atoms with van der Waals surface area (Å²) in [6.45, 7) is 5.23. The highest BCUT2D eigenvalue weighted by Gasteiger charge is 2.36. The summed E-state index contributed by atoms with van der Waals surface area (Å²) in [6.07, 6.45) is 1.21. The summed E-state index contributed by atoms with van der Waals surface area (Å²) in [6, 6.07) is 4.64. The lowest BCUT2D eigenvalue weighted by atomic mass is 10.2. The van der Waals surface area contributed by atoms with Crippen LogP contribution in [0.25, 0.3) is 0 Å². The Balaban J connectivity index is 1.91. The van der Waals surface area contributed by atoms with E-state index in [1.54, 1.807) is 32.9 Å². The molecule has 0 aliphatic heterocycles. The second-order valence-electron chi connectivity index (χ2n) is 6.83. The number of nitrogens with zero attached hydrogens (tertiary/aromatic N) is 1. The Hall–Kier alpha value is -1.82. The van der Waals surface area contributed by atoms with Crippen LogP contribution in [0.15, 0.2) is 18.2 Å². The lowest BCUT2D eigenvalue weighted by Gasteiger charge is -2.27. The van der Waals surface area contributed by atoms with Crippen LogP contribution in [-0.4, -0.2) is 35.1 Å². The Bertz CT molecular complexity index is 627. The first-order chi connectivity index (χ1) is 11.2. The van der Waals surface area contributed by atoms with E-state index in [2.05, 4.69) is 5.32 Å². The Morgan fingerprint density at radius 3 is 2.62 bits per heavy atom. The highest BCUT2D eigenvalue weighted by Crippen LogP contribution is 2.28. The maximum Gasteiger partial charge on any atom is 0.411 e. The number of ether oxygens (including phenoxy) is 1. The fraction of sp³-hybridized carbons (Fsp3) is 0.529. The Morgan fingerprint density at radius 1 is 1.38 bits per heavy atom. The van der Waals surface area contributed by atoms with Crippen molar-refractivity contribution in [3.63, 3.8) is 0 Å². The van der Waals surface area contributed by atoms with Gasteiger partial charge < -0.3 is 10.1 Å². The van der Waals surface area contributed by atoms with Gasteiger partial charge in [-0.3, -0.25) is 9.69 Å². The van der Waals surface area contributed by atoms with E-state index in [0.717, 1.165) is 12.8 Å². The molecule has 1 N–H and O–H groups in total. The van der Waals surface area contributed by atoms with Crippen molar-refractivity contribution >= 4 is 23.6 Å². The standard InChI is InChI=1S/C17H22ClFN2O3/c1-17(2,3)24-16(23)21(12-7-8-12)10-14(22)20-9-11-5-4-6-13(18)15(11)19/h4-6,12H,7-10H2,1-3H3,(H,20,22). The van der Waals surface area contributed by atoms with Crippen LogP contribution in [0.1, 0.15) is 39.2 Å². The van der Waals surface area contributed by atoms with E-state index < -0.39 is 17.5 Å². The fourth-order valence-corrected chi connectivity index (χ4v) is 2.33. The van der Waals surface area contributed by atoms with Crippen molar-refractivity contribution in [3.8, 4) is 0 Å². The topological polar surface area (TPSA) is 58.6 Å². The normalized spacial score (nSPS) is 14.2. The smallest absolute Gasteiger partial charge is 0.411 e. The number of rotatable bonds is 5. The molecule has 1 aromatic rings. The molecule has 1 aliphatic rings. The molecule has 0 unspecified atom stereocenters. The third-order valence-corrected chi connectivity index (χ3v) is 3.73. The Kier molecular flexibility index (Phi) is 5.70. The first-order valence-corrected chi connectivity index (χ1v) is 8.24. The summed E-state index contributed by atoms with van der Waals surface area (Å²) in [4.78, 5) is 25.7. The number of hydrogen-bond donors (Lipinski definition) is 1. The van der Waals surface area contributed by atoms with Crippen LogP contribution in [0.2, 0.25) is 5.02 Å². The van der Waals surface area contributed by atoms with Crippen molar-refractivity contribution < 1.29 is 18.7 Å². The minimum atomic E-state index is -0.620. The average Bonchev–Trinajstić information content (AvgIpc) is 3.29. The molecule has 1 aliphatic carbocycles. The maximum absolute atomic E-state index is 13.8. The Labute approximate surface area is 146 Å². The third-order valence-electron chi connectivity index (χ3n) is 3.44. The zero-order valence-corrected chi connectivity index (χ0v) is 14.8. The molecular formula is C17H22ClFN2O3. The first-order valence-electron chi connectivity index (χ1n) is 7.86. The van der Waals surface area contributed by atoms with E-state index in [4.69, 9.17) is 16.3 Å². The van der Waals surface area contributed by atoms with Crippen molar-refractivity contribution in [1.29, 1.82) is 0 Å². The van der Waals surface area contributed by atoms with Gasteiger partial charge in [-0.1, -0.05) is 23.7 Å². The van der Waals surface area contributed by atoms with Gasteiger partial charge in [0.1, 0.15) is 18.0 Å². The van der Waals surface area contributed by atoms with Crippen LogP contribution in [0, 0.1) is 5.82 Å². The van der Waals surface area contributed by atoms with Crippen molar-refractivity contribution in [2.75, 3.05) is 6.54 Å². The van der Waals surface area contributed by atoms with Gasteiger partial charge in [0.05, 0.1) is 5.02 Å². The van der Waals surface area contributed by atoms with Crippen LogP contribution >= 0.6 is 11.6 Å². The SMILES string of the molecule is CC(C)(C)OC(=O)N(CC(=O)NCc1cccc(Cl)c1F)C1CC1. The van der Waals surface area contributed by atoms with E-state index >= 15 is 0 Å². The second-order valence-corrected chi connectivity index (χ2v) is 7.24. The van der Waals surface area contributed by atoms with Gasteiger partial charge in [0.25, 0.3) is 0 Å². The highest BCUT2D eigenvalue weighted by atomic mass is 35.5. The van der Waals surface area contributed by atoms with Gasteiger partial charge in [-0.15, -0.1) is 0 Å². The van der Waals surface area contributed by atoms with Crippen LogP contribution in [0.4, 0.5) is 9.18 Å². The van der Waals surface area contributed by atoms with Gasteiger partial charge in [0, 0.05) is 18.2 Å². The van der Waals surface area contributed by atoms with Gasteiger partial charge in [-0.25, -0.2) is 9.18 Å². The van der Waals surface area contributed by atoms with Crippen molar-refractivity contribution in [3.05, 3.63) is 34.6 Å². The number of hydrogen-bond acceptors (Lipinski definition) is 3. The Morgan fingerprint density at radius 2 is 2.04 bits per heavy atom. The minimum Gasteiger partial charge on any atom is -0.444 e. The molecule has 1 saturated carbocycles. The van der Waals surface area contributed by atoms with Gasteiger partial charge in [-0.2, -0.15) is 0 Å². The van der Waals surface area contributed by atoms with Crippen LogP contribution in [-0.2, 0) is 16.1 Å².